The minimum atomic E-state index is -4.72. The lowest BCUT2D eigenvalue weighted by atomic mass is 9.73. The number of hydrogen-bond donors (Lipinski definition) is 3. The van der Waals surface area contributed by atoms with Crippen molar-refractivity contribution in [3.8, 4) is 0 Å². The van der Waals surface area contributed by atoms with Gasteiger partial charge in [-0.1, -0.05) is 13.8 Å². The maximum Gasteiger partial charge on any atom is 0.421 e. The summed E-state index contributed by atoms with van der Waals surface area (Å²) in [6.07, 6.45) is -6.80. The third-order valence-corrected chi connectivity index (χ3v) is 5.82. The largest absolute Gasteiger partial charge is 0.421 e. The zero-order chi connectivity index (χ0) is 24.6. The van der Waals surface area contributed by atoms with Crippen molar-refractivity contribution < 1.29 is 36.4 Å². The minimum Gasteiger partial charge on any atom is -0.393 e. The Labute approximate surface area is 186 Å². The van der Waals surface area contributed by atoms with Gasteiger partial charge in [0, 0.05) is 37.3 Å². The highest BCUT2D eigenvalue weighted by molar-refractivity contribution is 5.49. The zero-order valence-electron chi connectivity index (χ0n) is 18.3. The second-order valence-electron chi connectivity index (χ2n) is 8.99. The highest BCUT2D eigenvalue weighted by Gasteiger charge is 2.39. The van der Waals surface area contributed by atoms with Gasteiger partial charge in [-0.15, -0.1) is 0 Å². The molecule has 12 heteroatoms. The average molecular weight is 478 g/mol. The monoisotopic (exact) mass is 478 g/mol. The Balaban J connectivity index is 1.84. The van der Waals surface area contributed by atoms with E-state index in [1.165, 1.54) is 13.1 Å². The normalized spacial score (nSPS) is 21.0. The first-order valence-electron chi connectivity index (χ1n) is 10.4. The Morgan fingerprint density at radius 2 is 1.79 bits per heavy atom. The smallest absolute Gasteiger partial charge is 0.393 e. The van der Waals surface area contributed by atoms with Gasteiger partial charge in [-0.25, -0.2) is 9.97 Å². The average Bonchev–Trinajstić information content (AvgIpc) is 2.68. The molecule has 1 fully saturated rings. The molecule has 0 unspecified atom stereocenters. The van der Waals surface area contributed by atoms with E-state index in [1.807, 2.05) is 13.8 Å². The standard InChI is InChI=1S/C21H25F6N5O/c1-11-6-14(20(22,23)24)12(8-28-11)9-29-18-30-10-15(21(25,26)27)17(32-18)31-13-4-5-16(33)19(2,3)7-13/h6,8,10,13,16,33H,4-5,7,9H2,1-3H3,(H2,29,30,31,32)/p+1/t13-,16+/m1/s1. The number of aromatic nitrogens is 3. The summed E-state index contributed by atoms with van der Waals surface area (Å²) in [5.74, 6) is -0.696. The molecule has 0 aliphatic heterocycles. The van der Waals surface area contributed by atoms with Gasteiger partial charge in [0.05, 0.1) is 11.7 Å². The summed E-state index contributed by atoms with van der Waals surface area (Å²) < 4.78 is 80.5. The van der Waals surface area contributed by atoms with E-state index >= 15 is 0 Å². The molecular weight excluding hydrogens is 452 g/mol. The molecule has 2 aromatic rings. The van der Waals surface area contributed by atoms with E-state index < -0.39 is 40.8 Å². The molecule has 0 bridgehead atoms. The number of nitrogens with zero attached hydrogens (tertiary/aromatic N) is 2. The van der Waals surface area contributed by atoms with Crippen molar-refractivity contribution in [3.05, 3.63) is 40.8 Å². The van der Waals surface area contributed by atoms with E-state index in [4.69, 9.17) is 0 Å². The summed E-state index contributed by atoms with van der Waals surface area (Å²) in [7, 11) is 0. The number of H-pyrrole nitrogens is 1. The maximum atomic E-state index is 13.5. The molecule has 1 saturated carbocycles. The number of aliphatic hydroxyl groups excluding tert-OH is 1. The van der Waals surface area contributed by atoms with E-state index in [1.54, 1.807) is 0 Å². The van der Waals surface area contributed by atoms with E-state index in [9.17, 15) is 31.4 Å². The zero-order valence-corrected chi connectivity index (χ0v) is 18.3. The van der Waals surface area contributed by atoms with Gasteiger partial charge in [-0.05, 0) is 24.7 Å². The molecule has 0 radical (unpaired) electrons. The van der Waals surface area contributed by atoms with Gasteiger partial charge < -0.3 is 15.7 Å². The van der Waals surface area contributed by atoms with Crippen LogP contribution >= 0.6 is 0 Å². The quantitative estimate of drug-likeness (QED) is 0.547. The summed E-state index contributed by atoms with van der Waals surface area (Å²) in [6, 6.07) is 0.590. The van der Waals surface area contributed by atoms with Crippen LogP contribution in [-0.2, 0) is 18.9 Å². The van der Waals surface area contributed by atoms with Gasteiger partial charge in [0.2, 0.25) is 5.95 Å². The van der Waals surface area contributed by atoms with Crippen LogP contribution < -0.4 is 15.6 Å². The van der Waals surface area contributed by atoms with Crippen LogP contribution in [0.4, 0.5) is 38.1 Å². The topological polar surface area (TPSA) is 84.2 Å². The Kier molecular flexibility index (Phi) is 6.79. The van der Waals surface area contributed by atoms with Gasteiger partial charge in [-0.3, -0.25) is 0 Å². The molecule has 0 saturated heterocycles. The SMILES string of the molecule is Cc1cc(C(F)(F)F)c(CNc2ncc(C(F)(F)F)c(N[C@@H]3CC[C@H](O)C(C)(C)C3)n2)c[nH+]1. The van der Waals surface area contributed by atoms with Crippen LogP contribution in [0.15, 0.2) is 18.5 Å². The van der Waals surface area contributed by atoms with E-state index in [-0.39, 0.29) is 24.1 Å². The molecule has 1 aliphatic carbocycles. The fourth-order valence-electron chi connectivity index (χ4n) is 3.94. The first-order chi connectivity index (χ1) is 15.2. The number of pyridine rings is 1. The Bertz CT molecular complexity index is 992. The van der Waals surface area contributed by atoms with Crippen molar-refractivity contribution in [1.82, 2.24) is 9.97 Å². The Morgan fingerprint density at radius 3 is 2.39 bits per heavy atom. The van der Waals surface area contributed by atoms with Crippen LogP contribution in [0.1, 0.15) is 55.5 Å². The third kappa shape index (κ3) is 6.04. The number of aliphatic hydroxyl groups is 1. The molecule has 0 spiro atoms. The van der Waals surface area contributed by atoms with Crippen LogP contribution in [0.2, 0.25) is 0 Å². The highest BCUT2D eigenvalue weighted by Crippen LogP contribution is 2.39. The molecule has 3 rings (SSSR count). The maximum absolute atomic E-state index is 13.5. The third-order valence-electron chi connectivity index (χ3n) is 5.82. The van der Waals surface area contributed by atoms with Crippen LogP contribution in [-0.4, -0.2) is 27.2 Å². The van der Waals surface area contributed by atoms with Crippen LogP contribution in [0, 0.1) is 12.3 Å². The number of nitrogens with one attached hydrogen (secondary N) is 3. The Hall–Kier alpha value is -2.63. The second-order valence-corrected chi connectivity index (χ2v) is 8.99. The van der Waals surface area contributed by atoms with E-state index in [0.717, 1.165) is 6.07 Å². The van der Waals surface area contributed by atoms with Crippen molar-refractivity contribution in [2.45, 2.75) is 71.1 Å². The highest BCUT2D eigenvalue weighted by atomic mass is 19.4. The van der Waals surface area contributed by atoms with Gasteiger partial charge in [0.25, 0.3) is 0 Å². The number of alkyl halides is 6. The summed E-state index contributed by atoms with van der Waals surface area (Å²) in [4.78, 5) is 10.3. The fourth-order valence-corrected chi connectivity index (χ4v) is 3.94. The van der Waals surface area contributed by atoms with Crippen LogP contribution in [0.25, 0.3) is 0 Å². The van der Waals surface area contributed by atoms with Crippen molar-refractivity contribution in [2.24, 2.45) is 5.41 Å². The van der Waals surface area contributed by atoms with Gasteiger partial charge in [0.15, 0.2) is 11.9 Å². The molecule has 2 aromatic heterocycles. The van der Waals surface area contributed by atoms with Gasteiger partial charge in [0.1, 0.15) is 11.4 Å². The molecule has 0 aromatic carbocycles. The van der Waals surface area contributed by atoms with Crippen molar-refractivity contribution in [1.29, 1.82) is 0 Å². The second kappa shape index (κ2) is 8.96. The first kappa shape index (κ1) is 25.0. The minimum absolute atomic E-state index is 0.130. The number of rotatable bonds is 5. The molecule has 6 nitrogen and oxygen atoms in total. The lowest BCUT2D eigenvalue weighted by Gasteiger charge is -2.40. The number of aromatic amines is 1. The van der Waals surface area contributed by atoms with Crippen molar-refractivity contribution in [3.63, 3.8) is 0 Å². The van der Waals surface area contributed by atoms with Crippen molar-refractivity contribution in [2.75, 3.05) is 10.6 Å². The molecule has 2 heterocycles. The van der Waals surface area contributed by atoms with Gasteiger partial charge >= 0.3 is 12.4 Å². The Morgan fingerprint density at radius 1 is 1.12 bits per heavy atom. The molecule has 4 N–H and O–H groups in total. The molecule has 33 heavy (non-hydrogen) atoms. The summed E-state index contributed by atoms with van der Waals surface area (Å²) in [5, 5.41) is 15.5. The van der Waals surface area contributed by atoms with Crippen LogP contribution in [0.3, 0.4) is 0 Å². The molecule has 0 amide bonds. The summed E-state index contributed by atoms with van der Waals surface area (Å²) in [5.41, 5.74) is -2.24. The van der Waals surface area contributed by atoms with Crippen molar-refractivity contribution >= 4 is 11.8 Å². The number of aryl methyl sites for hydroxylation is 1. The number of hydrogen-bond acceptors (Lipinski definition) is 5. The number of halogens is 6. The lowest BCUT2D eigenvalue weighted by Crippen LogP contribution is -2.41. The van der Waals surface area contributed by atoms with Gasteiger partial charge in [-0.2, -0.15) is 31.3 Å². The summed E-state index contributed by atoms with van der Waals surface area (Å²) in [6.45, 7) is 4.80. The molecule has 1 aliphatic rings. The van der Waals surface area contributed by atoms with E-state index in [0.29, 0.717) is 31.2 Å². The molecule has 182 valence electrons. The predicted molar refractivity (Wildman–Crippen MR) is 108 cm³/mol. The molecule has 2 atom stereocenters. The molecular formula is C21H26F6N5O+. The summed E-state index contributed by atoms with van der Waals surface area (Å²) >= 11 is 0. The first-order valence-corrected chi connectivity index (χ1v) is 10.4. The van der Waals surface area contributed by atoms with Crippen LogP contribution in [0.5, 0.6) is 0 Å². The fraction of sp³-hybridized carbons (Fsp3) is 0.571. The predicted octanol–water partition coefficient (Wildman–Crippen LogP) is 4.60. The number of anilines is 2. The lowest BCUT2D eigenvalue weighted by molar-refractivity contribution is -0.389. The van der Waals surface area contributed by atoms with E-state index in [2.05, 4.69) is 25.6 Å².